The molecule has 320 valence electrons. The lowest BCUT2D eigenvalue weighted by molar-refractivity contribution is 0.248. The zero-order valence-electron chi connectivity index (χ0n) is 37.1. The molecule has 0 radical (unpaired) electrons. The average molecular weight is 825 g/mol. The Bertz CT molecular complexity index is 2520. The second kappa shape index (κ2) is 18.9. The standard InChI is InChI=1S/C58H64O4/c1-38-33-49(57(59)51(35-38)55-40(3)19-6-4-5-7-20-41-21-8-11-24-44(41)55)47-27-14-16-29-53(47)61-31-18-32-62-54-30-17-15-28-48(54)50-34-39(2)36-52(58(50)60)56-45-25-12-9-22-42(45)37-43-23-10-13-26-46(43)56/h14-17,20,27-30,33-37,59-60H,3-13,18-19,21-26,31-32H2,1-2H3/b41-20-,55-44+. The van der Waals surface area contributed by atoms with Gasteiger partial charge in [-0.25, -0.2) is 0 Å². The van der Waals surface area contributed by atoms with E-state index >= 15 is 0 Å². The Morgan fingerprint density at radius 3 is 1.68 bits per heavy atom. The van der Waals surface area contributed by atoms with Gasteiger partial charge in [-0.2, -0.15) is 0 Å². The summed E-state index contributed by atoms with van der Waals surface area (Å²) in [5, 5.41) is 24.5. The smallest absolute Gasteiger partial charge is 0.131 e. The Labute approximate surface area is 370 Å². The third kappa shape index (κ3) is 8.63. The van der Waals surface area contributed by atoms with Crippen LogP contribution in [0.1, 0.15) is 129 Å². The number of aromatic hydroxyl groups is 2. The highest BCUT2D eigenvalue weighted by Gasteiger charge is 2.27. The molecule has 1 saturated carbocycles. The summed E-state index contributed by atoms with van der Waals surface area (Å²) >= 11 is 0. The van der Waals surface area contributed by atoms with Crippen molar-refractivity contribution in [1.82, 2.24) is 0 Å². The van der Waals surface area contributed by atoms with Gasteiger partial charge in [-0.05, 0) is 214 Å². The van der Waals surface area contributed by atoms with Gasteiger partial charge in [-0.15, -0.1) is 0 Å². The molecule has 4 aliphatic carbocycles. The van der Waals surface area contributed by atoms with Gasteiger partial charge in [0.25, 0.3) is 0 Å². The van der Waals surface area contributed by atoms with E-state index in [4.69, 9.17) is 9.47 Å². The van der Waals surface area contributed by atoms with E-state index in [0.717, 1.165) is 125 Å². The van der Waals surface area contributed by atoms with Crippen LogP contribution < -0.4 is 9.47 Å². The normalized spacial score (nSPS) is 18.8. The Hall–Kier alpha value is -5.48. The average Bonchev–Trinajstić information content (AvgIpc) is 3.29. The zero-order valence-corrected chi connectivity index (χ0v) is 37.1. The molecule has 0 bridgehead atoms. The summed E-state index contributed by atoms with van der Waals surface area (Å²) in [6.07, 6.45) is 22.6. The predicted molar refractivity (Wildman–Crippen MR) is 257 cm³/mol. The Kier molecular flexibility index (Phi) is 12.7. The van der Waals surface area contributed by atoms with Gasteiger partial charge in [0, 0.05) is 39.8 Å². The Morgan fingerprint density at radius 2 is 1.03 bits per heavy atom. The van der Waals surface area contributed by atoms with Crippen LogP contribution in [0.3, 0.4) is 0 Å². The number of para-hydroxylation sites is 2. The summed E-state index contributed by atoms with van der Waals surface area (Å²) in [4.78, 5) is 0. The molecule has 0 unspecified atom stereocenters. The van der Waals surface area contributed by atoms with Gasteiger partial charge < -0.3 is 19.7 Å². The largest absolute Gasteiger partial charge is 0.507 e. The second-order valence-electron chi connectivity index (χ2n) is 18.4. The summed E-state index contributed by atoms with van der Waals surface area (Å²) in [5.41, 5.74) is 19.8. The van der Waals surface area contributed by atoms with Crippen molar-refractivity contribution in [3.05, 3.63) is 147 Å². The van der Waals surface area contributed by atoms with Crippen LogP contribution in [0.4, 0.5) is 0 Å². The van der Waals surface area contributed by atoms with Gasteiger partial charge in [0.2, 0.25) is 0 Å². The number of fused-ring (bicyclic) bond motifs is 3. The van der Waals surface area contributed by atoms with Crippen LogP contribution in [-0.2, 0) is 25.7 Å². The SMILES string of the molecule is C=C1CCCCC/C=C2/CCCC/C2=C/1c1cc(C)cc(-c2ccccc2OCCCOc2ccccc2-c2cc(C)cc(-c3c4c(cc5c3CCCC5)CCCC4)c2O)c1O. The van der Waals surface area contributed by atoms with E-state index in [0.29, 0.717) is 31.1 Å². The molecule has 0 aliphatic heterocycles. The number of rotatable bonds is 10. The van der Waals surface area contributed by atoms with Crippen LogP contribution in [0.2, 0.25) is 0 Å². The van der Waals surface area contributed by atoms with E-state index in [2.05, 4.69) is 69.0 Å². The summed E-state index contributed by atoms with van der Waals surface area (Å²) in [7, 11) is 0. The first-order valence-corrected chi connectivity index (χ1v) is 23.7. The maximum Gasteiger partial charge on any atom is 0.131 e. The molecule has 0 saturated heterocycles. The molecule has 0 amide bonds. The summed E-state index contributed by atoms with van der Waals surface area (Å²) in [6, 6.07) is 27.2. The quantitative estimate of drug-likeness (QED) is 0.138. The lowest BCUT2D eigenvalue weighted by Crippen LogP contribution is -2.13. The third-order valence-corrected chi connectivity index (χ3v) is 13.9. The number of allylic oxidation sites excluding steroid dienone is 5. The van der Waals surface area contributed by atoms with Gasteiger partial charge in [0.05, 0.1) is 13.2 Å². The van der Waals surface area contributed by atoms with Crippen molar-refractivity contribution in [2.75, 3.05) is 13.2 Å². The van der Waals surface area contributed by atoms with Gasteiger partial charge in [0.15, 0.2) is 0 Å². The van der Waals surface area contributed by atoms with E-state index in [1.54, 1.807) is 0 Å². The summed E-state index contributed by atoms with van der Waals surface area (Å²) < 4.78 is 13.0. The summed E-state index contributed by atoms with van der Waals surface area (Å²) in [5.74, 6) is 2.13. The summed E-state index contributed by atoms with van der Waals surface area (Å²) in [6.45, 7) is 9.80. The lowest BCUT2D eigenvalue weighted by atomic mass is 9.76. The molecular formula is C58H64O4. The minimum Gasteiger partial charge on any atom is -0.507 e. The molecule has 2 N–H and O–H groups in total. The molecule has 0 atom stereocenters. The van der Waals surface area contributed by atoms with E-state index < -0.39 is 0 Å². The minimum atomic E-state index is 0.298. The number of phenolic OH excluding ortho intramolecular Hbond substituents is 2. The van der Waals surface area contributed by atoms with Crippen LogP contribution in [0.25, 0.3) is 39.0 Å². The van der Waals surface area contributed by atoms with E-state index in [1.807, 2.05) is 36.4 Å². The van der Waals surface area contributed by atoms with Crippen molar-refractivity contribution in [3.8, 4) is 56.4 Å². The monoisotopic (exact) mass is 824 g/mol. The van der Waals surface area contributed by atoms with Crippen LogP contribution in [0, 0.1) is 13.8 Å². The minimum absolute atomic E-state index is 0.298. The van der Waals surface area contributed by atoms with Crippen molar-refractivity contribution in [3.63, 3.8) is 0 Å². The molecule has 0 aromatic heterocycles. The van der Waals surface area contributed by atoms with E-state index in [9.17, 15) is 10.2 Å². The molecule has 4 aliphatic rings. The second-order valence-corrected chi connectivity index (χ2v) is 18.4. The van der Waals surface area contributed by atoms with Crippen LogP contribution in [0.15, 0.2) is 108 Å². The number of hydrogen-bond donors (Lipinski definition) is 2. The van der Waals surface area contributed by atoms with Crippen LogP contribution >= 0.6 is 0 Å². The van der Waals surface area contributed by atoms with E-state index in [-0.39, 0.29) is 0 Å². The lowest BCUT2D eigenvalue weighted by Gasteiger charge is -2.28. The predicted octanol–water partition coefficient (Wildman–Crippen LogP) is 15.1. The highest BCUT2D eigenvalue weighted by molar-refractivity contribution is 5.91. The van der Waals surface area contributed by atoms with Crippen LogP contribution in [-0.4, -0.2) is 23.4 Å². The fourth-order valence-corrected chi connectivity index (χ4v) is 10.9. The molecule has 4 heteroatoms. The highest BCUT2D eigenvalue weighted by atomic mass is 16.5. The van der Waals surface area contributed by atoms with Gasteiger partial charge >= 0.3 is 0 Å². The maximum absolute atomic E-state index is 12.2. The van der Waals surface area contributed by atoms with Crippen molar-refractivity contribution < 1.29 is 19.7 Å². The van der Waals surface area contributed by atoms with E-state index in [1.165, 1.54) is 90.3 Å². The molecule has 0 spiro atoms. The van der Waals surface area contributed by atoms with Gasteiger partial charge in [0.1, 0.15) is 23.0 Å². The fourth-order valence-electron chi connectivity index (χ4n) is 10.9. The molecule has 62 heavy (non-hydrogen) atoms. The first kappa shape index (κ1) is 41.9. The Balaban J connectivity index is 0.948. The third-order valence-electron chi connectivity index (χ3n) is 13.9. The van der Waals surface area contributed by atoms with Crippen molar-refractivity contribution >= 4 is 5.57 Å². The van der Waals surface area contributed by atoms with Gasteiger partial charge in [-0.3, -0.25) is 0 Å². The van der Waals surface area contributed by atoms with Crippen molar-refractivity contribution in [2.24, 2.45) is 0 Å². The van der Waals surface area contributed by atoms with Crippen LogP contribution in [0.5, 0.6) is 23.0 Å². The topological polar surface area (TPSA) is 58.9 Å². The van der Waals surface area contributed by atoms with Crippen molar-refractivity contribution in [1.29, 1.82) is 0 Å². The number of hydrogen-bond acceptors (Lipinski definition) is 4. The zero-order chi connectivity index (χ0) is 42.6. The van der Waals surface area contributed by atoms with Crippen molar-refractivity contribution in [2.45, 2.75) is 129 Å². The molecule has 5 aromatic carbocycles. The number of ether oxygens (including phenoxy) is 2. The number of phenols is 2. The van der Waals surface area contributed by atoms with Gasteiger partial charge in [-0.1, -0.05) is 61.5 Å². The maximum atomic E-state index is 12.2. The molecular weight excluding hydrogens is 761 g/mol. The fraction of sp³-hybridized carbons (Fsp3) is 0.379. The molecule has 5 aromatic rings. The molecule has 0 heterocycles. The Morgan fingerprint density at radius 1 is 0.516 bits per heavy atom. The molecule has 9 rings (SSSR count). The first-order chi connectivity index (χ1) is 30.4. The molecule has 4 nitrogen and oxygen atoms in total. The number of aryl methyl sites for hydroxylation is 4. The highest BCUT2D eigenvalue weighted by Crippen LogP contribution is 2.49. The first-order valence-electron chi connectivity index (χ1n) is 23.7. The molecule has 1 fully saturated rings. The number of benzene rings is 5.